The number of anilines is 2. The highest BCUT2D eigenvalue weighted by molar-refractivity contribution is 6.06. The first-order chi connectivity index (χ1) is 12.1. The topological polar surface area (TPSA) is 95.1 Å². The number of hydrogen-bond acceptors (Lipinski definition) is 5. The van der Waals surface area contributed by atoms with Crippen molar-refractivity contribution in [2.24, 2.45) is 0 Å². The fourth-order valence-electron chi connectivity index (χ4n) is 2.36. The SMILES string of the molecule is CCOc1ccccc1NC(=O)c1nnn(-c2ccc(C)cc2)c1N. The zero-order valence-electron chi connectivity index (χ0n) is 14.1. The molecule has 3 rings (SSSR count). The van der Waals surface area contributed by atoms with Crippen LogP contribution < -0.4 is 15.8 Å². The third-order valence-electron chi connectivity index (χ3n) is 3.63. The Labute approximate surface area is 145 Å². The Morgan fingerprint density at radius 3 is 2.64 bits per heavy atom. The number of nitrogens with two attached hydrogens (primary N) is 1. The fourth-order valence-corrected chi connectivity index (χ4v) is 2.36. The quantitative estimate of drug-likeness (QED) is 0.746. The van der Waals surface area contributed by atoms with Gasteiger partial charge >= 0.3 is 0 Å². The number of amides is 1. The third-order valence-corrected chi connectivity index (χ3v) is 3.63. The van der Waals surface area contributed by atoms with E-state index < -0.39 is 5.91 Å². The molecule has 128 valence electrons. The standard InChI is InChI=1S/C18H19N5O2/c1-3-25-15-7-5-4-6-14(15)20-18(24)16-17(19)23(22-21-16)13-10-8-12(2)9-11-13/h4-11H,3,19H2,1-2H3,(H,20,24). The van der Waals surface area contributed by atoms with Gasteiger partial charge in [0.15, 0.2) is 11.5 Å². The van der Waals surface area contributed by atoms with Crippen LogP contribution in [-0.4, -0.2) is 27.5 Å². The molecule has 1 heterocycles. The largest absolute Gasteiger partial charge is 0.492 e. The molecule has 3 N–H and O–H groups in total. The van der Waals surface area contributed by atoms with E-state index in [2.05, 4.69) is 15.6 Å². The van der Waals surface area contributed by atoms with Crippen LogP contribution >= 0.6 is 0 Å². The molecule has 1 aromatic heterocycles. The smallest absolute Gasteiger partial charge is 0.280 e. The van der Waals surface area contributed by atoms with E-state index in [1.165, 1.54) is 4.68 Å². The summed E-state index contributed by atoms with van der Waals surface area (Å²) in [6.07, 6.45) is 0. The molecule has 0 unspecified atom stereocenters. The van der Waals surface area contributed by atoms with E-state index in [0.717, 1.165) is 11.3 Å². The van der Waals surface area contributed by atoms with E-state index in [-0.39, 0.29) is 11.5 Å². The summed E-state index contributed by atoms with van der Waals surface area (Å²) in [5.41, 5.74) is 8.55. The predicted molar refractivity (Wildman–Crippen MR) is 96.1 cm³/mol. The van der Waals surface area contributed by atoms with Crippen LogP contribution in [0.5, 0.6) is 5.75 Å². The van der Waals surface area contributed by atoms with Gasteiger partial charge in [-0.1, -0.05) is 35.0 Å². The van der Waals surface area contributed by atoms with E-state index in [9.17, 15) is 4.79 Å². The number of aryl methyl sites for hydroxylation is 1. The highest BCUT2D eigenvalue weighted by Crippen LogP contribution is 2.25. The van der Waals surface area contributed by atoms with Crippen molar-refractivity contribution >= 4 is 17.4 Å². The summed E-state index contributed by atoms with van der Waals surface area (Å²) in [6.45, 7) is 4.37. The number of nitrogen functional groups attached to an aromatic ring is 1. The highest BCUT2D eigenvalue weighted by atomic mass is 16.5. The average Bonchev–Trinajstić information content (AvgIpc) is 2.99. The summed E-state index contributed by atoms with van der Waals surface area (Å²) < 4.78 is 6.94. The molecule has 3 aromatic rings. The van der Waals surface area contributed by atoms with Crippen LogP contribution in [-0.2, 0) is 0 Å². The molecule has 0 aliphatic heterocycles. The van der Waals surface area contributed by atoms with Crippen molar-refractivity contribution in [3.63, 3.8) is 0 Å². The Bertz CT molecular complexity index is 887. The maximum absolute atomic E-state index is 12.5. The molecule has 0 saturated carbocycles. The van der Waals surface area contributed by atoms with E-state index in [1.807, 2.05) is 50.2 Å². The van der Waals surface area contributed by atoms with Crippen molar-refractivity contribution in [2.75, 3.05) is 17.7 Å². The van der Waals surface area contributed by atoms with Gasteiger partial charge in [-0.25, -0.2) is 0 Å². The first-order valence-electron chi connectivity index (χ1n) is 7.91. The molecule has 0 radical (unpaired) electrons. The minimum absolute atomic E-state index is 0.0619. The first-order valence-corrected chi connectivity index (χ1v) is 7.91. The van der Waals surface area contributed by atoms with Gasteiger partial charge in [0.05, 0.1) is 18.0 Å². The molecule has 1 amide bonds. The second kappa shape index (κ2) is 7.04. The Kier molecular flexibility index (Phi) is 4.65. The number of para-hydroxylation sites is 2. The molecule has 0 bridgehead atoms. The molecule has 0 aliphatic rings. The van der Waals surface area contributed by atoms with Crippen LogP contribution in [0.1, 0.15) is 23.0 Å². The van der Waals surface area contributed by atoms with E-state index in [0.29, 0.717) is 18.0 Å². The van der Waals surface area contributed by atoms with Crippen LogP contribution in [0.2, 0.25) is 0 Å². The Balaban J connectivity index is 1.85. The molecule has 2 aromatic carbocycles. The van der Waals surface area contributed by atoms with Crippen LogP contribution in [0.3, 0.4) is 0 Å². The third kappa shape index (κ3) is 3.45. The molecular weight excluding hydrogens is 318 g/mol. The number of carbonyl (C=O) groups is 1. The lowest BCUT2D eigenvalue weighted by Crippen LogP contribution is -2.15. The molecule has 0 aliphatic carbocycles. The minimum atomic E-state index is -0.442. The van der Waals surface area contributed by atoms with Crippen LogP contribution in [0.4, 0.5) is 11.5 Å². The van der Waals surface area contributed by atoms with E-state index in [1.54, 1.807) is 12.1 Å². The maximum atomic E-state index is 12.5. The summed E-state index contributed by atoms with van der Waals surface area (Å²) in [7, 11) is 0. The number of benzene rings is 2. The number of carbonyl (C=O) groups excluding carboxylic acids is 1. The molecule has 7 heteroatoms. The first kappa shape index (κ1) is 16.5. The Morgan fingerprint density at radius 1 is 1.20 bits per heavy atom. The molecule has 0 spiro atoms. The number of hydrogen-bond donors (Lipinski definition) is 2. The van der Waals surface area contributed by atoms with Gasteiger partial charge in [0.25, 0.3) is 5.91 Å². The summed E-state index contributed by atoms with van der Waals surface area (Å²) in [5.74, 6) is 0.320. The van der Waals surface area contributed by atoms with Crippen LogP contribution in [0.25, 0.3) is 5.69 Å². The minimum Gasteiger partial charge on any atom is -0.492 e. The lowest BCUT2D eigenvalue weighted by molar-refractivity contribution is 0.102. The van der Waals surface area contributed by atoms with Crippen molar-refractivity contribution in [3.05, 3.63) is 59.8 Å². The predicted octanol–water partition coefficient (Wildman–Crippen LogP) is 2.81. The molecular formula is C18H19N5O2. The molecule has 0 fully saturated rings. The lowest BCUT2D eigenvalue weighted by atomic mass is 10.2. The van der Waals surface area contributed by atoms with Crippen LogP contribution in [0, 0.1) is 6.92 Å². The molecule has 0 atom stereocenters. The normalized spacial score (nSPS) is 10.5. The number of aromatic nitrogens is 3. The van der Waals surface area contributed by atoms with Crippen molar-refractivity contribution in [1.82, 2.24) is 15.0 Å². The van der Waals surface area contributed by atoms with Gasteiger partial charge in [0.1, 0.15) is 5.75 Å². The zero-order chi connectivity index (χ0) is 17.8. The summed E-state index contributed by atoms with van der Waals surface area (Å²) in [5, 5.41) is 10.7. The van der Waals surface area contributed by atoms with Crippen molar-refractivity contribution in [2.45, 2.75) is 13.8 Å². The van der Waals surface area contributed by atoms with Crippen LogP contribution in [0.15, 0.2) is 48.5 Å². The summed E-state index contributed by atoms with van der Waals surface area (Å²) in [6, 6.07) is 14.8. The van der Waals surface area contributed by atoms with Gasteiger partial charge in [-0.2, -0.15) is 4.68 Å². The second-order valence-corrected chi connectivity index (χ2v) is 5.45. The Hall–Kier alpha value is -3.35. The average molecular weight is 337 g/mol. The number of rotatable bonds is 5. The highest BCUT2D eigenvalue weighted by Gasteiger charge is 2.19. The van der Waals surface area contributed by atoms with Crippen molar-refractivity contribution in [1.29, 1.82) is 0 Å². The van der Waals surface area contributed by atoms with E-state index >= 15 is 0 Å². The number of ether oxygens (including phenoxy) is 1. The van der Waals surface area contributed by atoms with Gasteiger partial charge in [-0.15, -0.1) is 5.10 Å². The number of nitrogens with one attached hydrogen (secondary N) is 1. The fraction of sp³-hybridized carbons (Fsp3) is 0.167. The van der Waals surface area contributed by atoms with Gasteiger partial charge in [0, 0.05) is 0 Å². The van der Waals surface area contributed by atoms with E-state index in [4.69, 9.17) is 10.5 Å². The van der Waals surface area contributed by atoms with Gasteiger partial charge in [-0.3, -0.25) is 4.79 Å². The monoisotopic (exact) mass is 337 g/mol. The zero-order valence-corrected chi connectivity index (χ0v) is 14.1. The lowest BCUT2D eigenvalue weighted by Gasteiger charge is -2.10. The van der Waals surface area contributed by atoms with Crippen molar-refractivity contribution < 1.29 is 9.53 Å². The Morgan fingerprint density at radius 2 is 1.92 bits per heavy atom. The van der Waals surface area contributed by atoms with Gasteiger partial charge < -0.3 is 15.8 Å². The maximum Gasteiger partial charge on any atom is 0.280 e. The number of nitrogens with zero attached hydrogens (tertiary/aromatic N) is 3. The summed E-state index contributed by atoms with van der Waals surface area (Å²) >= 11 is 0. The van der Waals surface area contributed by atoms with Gasteiger partial charge in [0.2, 0.25) is 0 Å². The molecule has 25 heavy (non-hydrogen) atoms. The molecule has 0 saturated heterocycles. The van der Waals surface area contributed by atoms with Crippen molar-refractivity contribution in [3.8, 4) is 11.4 Å². The summed E-state index contributed by atoms with van der Waals surface area (Å²) in [4.78, 5) is 12.5. The molecule has 7 nitrogen and oxygen atoms in total. The van der Waals surface area contributed by atoms with Gasteiger partial charge in [-0.05, 0) is 38.1 Å². The second-order valence-electron chi connectivity index (χ2n) is 5.45.